The molecule has 0 unspecified atom stereocenters. The topological polar surface area (TPSA) is 97.3 Å². The second-order valence-corrected chi connectivity index (χ2v) is 5.66. The lowest BCUT2D eigenvalue weighted by Crippen LogP contribution is -2.35. The second-order valence-electron chi connectivity index (χ2n) is 5.66. The fourth-order valence-electron chi connectivity index (χ4n) is 2.99. The van der Waals surface area contributed by atoms with Gasteiger partial charge < -0.3 is 10.3 Å². The van der Waals surface area contributed by atoms with E-state index >= 15 is 0 Å². The first-order valence-electron chi connectivity index (χ1n) is 7.41. The van der Waals surface area contributed by atoms with Crippen LogP contribution in [0.1, 0.15) is 39.0 Å². The van der Waals surface area contributed by atoms with Crippen molar-refractivity contribution >= 4 is 17.3 Å². The lowest BCUT2D eigenvalue weighted by molar-refractivity contribution is -0.384. The Morgan fingerprint density at radius 3 is 2.62 bits per heavy atom. The van der Waals surface area contributed by atoms with Crippen molar-refractivity contribution in [2.75, 3.05) is 17.4 Å². The minimum Gasteiger partial charge on any atom is -0.356 e. The molecule has 2 rings (SSSR count). The van der Waals surface area contributed by atoms with Gasteiger partial charge in [0.1, 0.15) is 11.6 Å². The Labute approximate surface area is 124 Å². The summed E-state index contributed by atoms with van der Waals surface area (Å²) in [6.07, 6.45) is 5.85. The number of hydrazine groups is 1. The van der Waals surface area contributed by atoms with Gasteiger partial charge in [0, 0.05) is 13.1 Å². The molecule has 0 amide bonds. The lowest BCUT2D eigenvalue weighted by atomic mass is 9.84. The van der Waals surface area contributed by atoms with E-state index in [2.05, 4.69) is 17.3 Å². The van der Waals surface area contributed by atoms with Crippen LogP contribution in [0, 0.1) is 16.0 Å². The van der Waals surface area contributed by atoms with E-state index in [-0.39, 0.29) is 5.69 Å². The molecule has 0 aromatic carbocycles. The molecule has 0 spiro atoms. The number of aromatic nitrogens is 1. The molecule has 0 radical (unpaired) electrons. The van der Waals surface area contributed by atoms with Gasteiger partial charge in [-0.25, -0.2) is 10.8 Å². The van der Waals surface area contributed by atoms with Crippen molar-refractivity contribution in [3.63, 3.8) is 0 Å². The molecule has 1 saturated carbocycles. The standard InChI is InChI=1S/C14H23N5O2/c1-3-10-4-6-11(7-5-10)18(2)14-9-12(19(20)21)8-13(16-14)17-15/h8-11H,3-7,15H2,1-2H3,(H,16,17). The molecular formula is C14H23N5O2. The van der Waals surface area contributed by atoms with E-state index in [1.807, 2.05) is 11.9 Å². The molecule has 0 aliphatic heterocycles. The summed E-state index contributed by atoms with van der Waals surface area (Å²) >= 11 is 0. The summed E-state index contributed by atoms with van der Waals surface area (Å²) in [5, 5.41) is 11.0. The number of rotatable bonds is 5. The second kappa shape index (κ2) is 6.71. The van der Waals surface area contributed by atoms with E-state index in [4.69, 9.17) is 5.84 Å². The van der Waals surface area contributed by atoms with E-state index in [0.717, 1.165) is 18.8 Å². The van der Waals surface area contributed by atoms with Crippen LogP contribution in [0.15, 0.2) is 12.1 Å². The molecule has 0 bridgehead atoms. The third kappa shape index (κ3) is 3.60. The molecule has 21 heavy (non-hydrogen) atoms. The number of hydrogen-bond donors (Lipinski definition) is 2. The smallest absolute Gasteiger partial charge is 0.276 e. The van der Waals surface area contributed by atoms with Crippen LogP contribution in [0.2, 0.25) is 0 Å². The first kappa shape index (κ1) is 15.5. The maximum atomic E-state index is 11.0. The highest BCUT2D eigenvalue weighted by atomic mass is 16.6. The molecule has 1 heterocycles. The lowest BCUT2D eigenvalue weighted by Gasteiger charge is -2.35. The van der Waals surface area contributed by atoms with Crippen molar-refractivity contribution < 1.29 is 4.92 Å². The van der Waals surface area contributed by atoms with Crippen molar-refractivity contribution in [2.45, 2.75) is 45.1 Å². The summed E-state index contributed by atoms with van der Waals surface area (Å²) in [7, 11) is 1.95. The minimum atomic E-state index is -0.423. The molecule has 7 nitrogen and oxygen atoms in total. The fourth-order valence-corrected chi connectivity index (χ4v) is 2.99. The van der Waals surface area contributed by atoms with Gasteiger partial charge >= 0.3 is 0 Å². The number of anilines is 2. The van der Waals surface area contributed by atoms with Crippen LogP contribution in [0.4, 0.5) is 17.3 Å². The Kier molecular flexibility index (Phi) is 4.95. The van der Waals surface area contributed by atoms with Crippen molar-refractivity contribution in [1.29, 1.82) is 0 Å². The van der Waals surface area contributed by atoms with Gasteiger partial charge in [0.25, 0.3) is 5.69 Å². The average molecular weight is 293 g/mol. The van der Waals surface area contributed by atoms with Crippen molar-refractivity contribution in [1.82, 2.24) is 4.98 Å². The van der Waals surface area contributed by atoms with Crippen LogP contribution in [0.3, 0.4) is 0 Å². The third-order valence-electron chi connectivity index (χ3n) is 4.46. The number of nitrogen functional groups attached to an aromatic ring is 1. The number of nitrogens with two attached hydrogens (primary N) is 1. The zero-order valence-corrected chi connectivity index (χ0v) is 12.6. The summed E-state index contributed by atoms with van der Waals surface area (Å²) in [6, 6.07) is 3.23. The molecule has 1 aromatic rings. The maximum absolute atomic E-state index is 11.0. The Morgan fingerprint density at radius 1 is 1.43 bits per heavy atom. The molecule has 1 aliphatic carbocycles. The number of nitrogens with one attached hydrogen (secondary N) is 1. The van der Waals surface area contributed by atoms with Crippen LogP contribution in [-0.2, 0) is 0 Å². The van der Waals surface area contributed by atoms with Crippen LogP contribution in [0.5, 0.6) is 0 Å². The normalized spacial score (nSPS) is 21.9. The van der Waals surface area contributed by atoms with Gasteiger partial charge in [-0.3, -0.25) is 10.1 Å². The van der Waals surface area contributed by atoms with Crippen LogP contribution in [-0.4, -0.2) is 23.0 Å². The monoisotopic (exact) mass is 293 g/mol. The largest absolute Gasteiger partial charge is 0.356 e. The van der Waals surface area contributed by atoms with Crippen molar-refractivity contribution in [2.24, 2.45) is 11.8 Å². The zero-order valence-electron chi connectivity index (χ0n) is 12.6. The zero-order chi connectivity index (χ0) is 15.4. The molecule has 1 fully saturated rings. The number of nitro groups is 1. The number of pyridine rings is 1. The number of hydrogen-bond acceptors (Lipinski definition) is 6. The molecular weight excluding hydrogens is 270 g/mol. The third-order valence-corrected chi connectivity index (χ3v) is 4.46. The average Bonchev–Trinajstić information content (AvgIpc) is 2.53. The predicted octanol–water partition coefficient (Wildman–Crippen LogP) is 2.68. The minimum absolute atomic E-state index is 0.00189. The predicted molar refractivity (Wildman–Crippen MR) is 83.1 cm³/mol. The van der Waals surface area contributed by atoms with Crippen LogP contribution < -0.4 is 16.2 Å². The highest BCUT2D eigenvalue weighted by molar-refractivity contribution is 5.55. The molecule has 7 heteroatoms. The Morgan fingerprint density at radius 2 is 2.10 bits per heavy atom. The Balaban J connectivity index is 2.16. The first-order chi connectivity index (χ1) is 10.0. The molecule has 0 atom stereocenters. The van der Waals surface area contributed by atoms with E-state index in [1.54, 1.807) is 0 Å². The quantitative estimate of drug-likeness (QED) is 0.492. The Bertz CT molecular complexity index is 500. The Hall–Kier alpha value is -1.89. The van der Waals surface area contributed by atoms with Gasteiger partial charge in [0.15, 0.2) is 0 Å². The van der Waals surface area contributed by atoms with Crippen LogP contribution in [0.25, 0.3) is 0 Å². The summed E-state index contributed by atoms with van der Waals surface area (Å²) in [5.41, 5.74) is 2.40. The fraction of sp³-hybridized carbons (Fsp3) is 0.643. The molecule has 1 aliphatic rings. The first-order valence-corrected chi connectivity index (χ1v) is 7.41. The van der Waals surface area contributed by atoms with E-state index in [0.29, 0.717) is 17.7 Å². The van der Waals surface area contributed by atoms with Crippen LogP contribution >= 0.6 is 0 Å². The number of nitrogens with zero attached hydrogens (tertiary/aromatic N) is 3. The van der Waals surface area contributed by atoms with E-state index < -0.39 is 4.92 Å². The van der Waals surface area contributed by atoms with Gasteiger partial charge in [-0.1, -0.05) is 13.3 Å². The highest BCUT2D eigenvalue weighted by Crippen LogP contribution is 2.32. The van der Waals surface area contributed by atoms with Crippen molar-refractivity contribution in [3.05, 3.63) is 22.2 Å². The van der Waals surface area contributed by atoms with Gasteiger partial charge in [-0.05, 0) is 31.6 Å². The summed E-state index contributed by atoms with van der Waals surface area (Å²) in [5.74, 6) is 7.07. The summed E-state index contributed by atoms with van der Waals surface area (Å²) in [6.45, 7) is 2.23. The maximum Gasteiger partial charge on any atom is 0.276 e. The van der Waals surface area contributed by atoms with Gasteiger partial charge in [-0.15, -0.1) is 0 Å². The molecule has 116 valence electrons. The summed E-state index contributed by atoms with van der Waals surface area (Å²) < 4.78 is 0. The SMILES string of the molecule is CCC1CCC(N(C)c2cc([N+](=O)[O-])cc(NN)n2)CC1. The van der Waals surface area contributed by atoms with Crippen molar-refractivity contribution in [3.8, 4) is 0 Å². The van der Waals surface area contributed by atoms with E-state index in [9.17, 15) is 10.1 Å². The summed E-state index contributed by atoms with van der Waals surface area (Å²) in [4.78, 5) is 16.9. The highest BCUT2D eigenvalue weighted by Gasteiger charge is 2.25. The molecule has 3 N–H and O–H groups in total. The van der Waals surface area contributed by atoms with Gasteiger partial charge in [0.05, 0.1) is 17.1 Å². The molecule has 1 aromatic heterocycles. The van der Waals surface area contributed by atoms with Gasteiger partial charge in [0.2, 0.25) is 0 Å². The molecule has 0 saturated heterocycles. The van der Waals surface area contributed by atoms with Gasteiger partial charge in [-0.2, -0.15) is 0 Å². The van der Waals surface area contributed by atoms with E-state index in [1.165, 1.54) is 31.4 Å².